The fourth-order valence-electron chi connectivity index (χ4n) is 1.48. The molecule has 1 aliphatic rings. The van der Waals surface area contributed by atoms with Gasteiger partial charge in [0, 0.05) is 25.0 Å². The lowest BCUT2D eigenvalue weighted by molar-refractivity contribution is -0.118. The summed E-state index contributed by atoms with van der Waals surface area (Å²) in [6, 6.07) is 2.57. The summed E-state index contributed by atoms with van der Waals surface area (Å²) in [5, 5.41) is 11.9. The summed E-state index contributed by atoms with van der Waals surface area (Å²) in [5.41, 5.74) is 0. The van der Waals surface area contributed by atoms with E-state index in [1.807, 2.05) is 12.3 Å². The van der Waals surface area contributed by atoms with Crippen LogP contribution in [0.3, 0.4) is 0 Å². The fraction of sp³-hybridized carbons (Fsp3) is 0.545. The first-order valence-corrected chi connectivity index (χ1v) is 6.59. The lowest BCUT2D eigenvalue weighted by atomic mass is 10.4. The number of carbonyl (C=O) groups is 1. The van der Waals surface area contributed by atoms with E-state index < -0.39 is 0 Å². The minimum absolute atomic E-state index is 0.0457. The maximum atomic E-state index is 11.4. The number of aromatic nitrogens is 2. The molecule has 0 unspecified atom stereocenters. The lowest BCUT2D eigenvalue weighted by Gasteiger charge is -2.05. The molecule has 0 saturated heterocycles. The first kappa shape index (κ1) is 12.0. The van der Waals surface area contributed by atoms with Crippen LogP contribution < -0.4 is 5.32 Å². The molecule has 1 aromatic rings. The number of carbonyl (C=O) groups excluding carboxylic acids is 1. The zero-order chi connectivity index (χ0) is 12.1. The van der Waals surface area contributed by atoms with Gasteiger partial charge in [-0.3, -0.25) is 4.79 Å². The van der Waals surface area contributed by atoms with Crippen molar-refractivity contribution in [2.24, 2.45) is 0 Å². The Morgan fingerprint density at radius 2 is 2.53 bits per heavy atom. The number of nitrogens with one attached hydrogen (secondary N) is 1. The molecule has 0 spiro atoms. The second-order valence-corrected chi connectivity index (χ2v) is 4.84. The van der Waals surface area contributed by atoms with Crippen LogP contribution in [0, 0.1) is 11.3 Å². The highest BCUT2D eigenvalue weighted by Crippen LogP contribution is 2.37. The minimum Gasteiger partial charge on any atom is -0.354 e. The van der Waals surface area contributed by atoms with Crippen LogP contribution in [0.25, 0.3) is 0 Å². The maximum Gasteiger partial charge on any atom is 0.230 e. The van der Waals surface area contributed by atoms with Crippen molar-refractivity contribution < 1.29 is 4.79 Å². The molecule has 6 heteroatoms. The van der Waals surface area contributed by atoms with Gasteiger partial charge >= 0.3 is 0 Å². The predicted molar refractivity (Wildman–Crippen MR) is 64.5 cm³/mol. The Kier molecular flexibility index (Phi) is 4.04. The Bertz CT molecular complexity index is 433. The van der Waals surface area contributed by atoms with Crippen molar-refractivity contribution in [1.29, 1.82) is 5.26 Å². The second kappa shape index (κ2) is 5.73. The summed E-state index contributed by atoms with van der Waals surface area (Å²) < 4.78 is 2.13. The monoisotopic (exact) mass is 250 g/mol. The number of thioether (sulfide) groups is 1. The molecule has 1 amide bonds. The molecule has 0 atom stereocenters. The molecule has 0 aromatic carbocycles. The molecule has 90 valence electrons. The normalized spacial score (nSPS) is 14.3. The minimum atomic E-state index is -0.0457. The topological polar surface area (TPSA) is 70.7 Å². The van der Waals surface area contributed by atoms with Crippen molar-refractivity contribution in [2.75, 3.05) is 12.3 Å². The van der Waals surface area contributed by atoms with Crippen LogP contribution in [-0.4, -0.2) is 27.8 Å². The van der Waals surface area contributed by atoms with E-state index in [1.165, 1.54) is 24.6 Å². The number of rotatable bonds is 6. The van der Waals surface area contributed by atoms with Gasteiger partial charge in [0.1, 0.15) is 0 Å². The standard InChI is InChI=1S/C11H14N4OS/c12-4-1-5-13-10(16)8-17-11-14-6-7-15(11)9-2-3-9/h6-7,9H,1-3,5,8H2,(H,13,16). The highest BCUT2D eigenvalue weighted by atomic mass is 32.2. The van der Waals surface area contributed by atoms with Crippen molar-refractivity contribution in [3.05, 3.63) is 12.4 Å². The highest BCUT2D eigenvalue weighted by molar-refractivity contribution is 7.99. The number of hydrogen-bond donors (Lipinski definition) is 1. The van der Waals surface area contributed by atoms with Crippen LogP contribution in [0.5, 0.6) is 0 Å². The lowest BCUT2D eigenvalue weighted by Crippen LogP contribution is -2.26. The molecule has 1 aromatic heterocycles. The largest absolute Gasteiger partial charge is 0.354 e. The number of amides is 1. The third-order valence-electron chi connectivity index (χ3n) is 2.46. The molecular formula is C11H14N4OS. The van der Waals surface area contributed by atoms with Crippen LogP contribution in [0.1, 0.15) is 25.3 Å². The number of nitrogens with zero attached hydrogens (tertiary/aromatic N) is 3. The summed E-state index contributed by atoms with van der Waals surface area (Å²) in [6.45, 7) is 0.424. The molecule has 1 heterocycles. The summed E-state index contributed by atoms with van der Waals surface area (Å²) in [6.07, 6.45) is 6.51. The Balaban J connectivity index is 1.75. The summed E-state index contributed by atoms with van der Waals surface area (Å²) in [7, 11) is 0. The summed E-state index contributed by atoms with van der Waals surface area (Å²) in [4.78, 5) is 15.7. The van der Waals surface area contributed by atoms with Crippen molar-refractivity contribution >= 4 is 17.7 Å². The number of hydrogen-bond acceptors (Lipinski definition) is 4. The van der Waals surface area contributed by atoms with E-state index in [-0.39, 0.29) is 5.91 Å². The van der Waals surface area contributed by atoms with Crippen LogP contribution >= 0.6 is 11.8 Å². The highest BCUT2D eigenvalue weighted by Gasteiger charge is 2.25. The Labute approximate surface area is 104 Å². The van der Waals surface area contributed by atoms with E-state index >= 15 is 0 Å². The van der Waals surface area contributed by atoms with Crippen LogP contribution in [-0.2, 0) is 4.79 Å². The zero-order valence-corrected chi connectivity index (χ0v) is 10.2. The van der Waals surface area contributed by atoms with Gasteiger partial charge in [0.2, 0.25) is 5.91 Å². The van der Waals surface area contributed by atoms with Crippen LogP contribution in [0.4, 0.5) is 0 Å². The van der Waals surface area contributed by atoms with Gasteiger partial charge in [-0.05, 0) is 12.8 Å². The van der Waals surface area contributed by atoms with E-state index in [1.54, 1.807) is 6.20 Å². The van der Waals surface area contributed by atoms with E-state index in [4.69, 9.17) is 5.26 Å². The molecular weight excluding hydrogens is 236 g/mol. The molecule has 5 nitrogen and oxygen atoms in total. The number of imidazole rings is 1. The van der Waals surface area contributed by atoms with Gasteiger partial charge in [0.05, 0.1) is 18.2 Å². The van der Waals surface area contributed by atoms with Gasteiger partial charge in [-0.1, -0.05) is 11.8 Å². The molecule has 1 N–H and O–H groups in total. The maximum absolute atomic E-state index is 11.4. The van der Waals surface area contributed by atoms with Crippen molar-refractivity contribution in [3.8, 4) is 6.07 Å². The number of nitriles is 1. The first-order chi connectivity index (χ1) is 8.31. The Morgan fingerprint density at radius 1 is 1.71 bits per heavy atom. The molecule has 2 rings (SSSR count). The molecule has 0 bridgehead atoms. The Hall–Kier alpha value is -1.48. The Morgan fingerprint density at radius 3 is 3.24 bits per heavy atom. The van der Waals surface area contributed by atoms with E-state index in [2.05, 4.69) is 14.9 Å². The molecule has 0 radical (unpaired) electrons. The van der Waals surface area contributed by atoms with Gasteiger partial charge in [-0.2, -0.15) is 5.26 Å². The third-order valence-corrected chi connectivity index (χ3v) is 3.45. The molecule has 1 aliphatic carbocycles. The second-order valence-electron chi connectivity index (χ2n) is 3.90. The van der Waals surface area contributed by atoms with E-state index in [0.717, 1.165) is 5.16 Å². The molecule has 0 aliphatic heterocycles. The van der Waals surface area contributed by atoms with Gasteiger partial charge in [0.15, 0.2) is 5.16 Å². The summed E-state index contributed by atoms with van der Waals surface area (Å²) >= 11 is 1.45. The van der Waals surface area contributed by atoms with Crippen molar-refractivity contribution in [1.82, 2.24) is 14.9 Å². The third kappa shape index (κ3) is 3.49. The molecule has 17 heavy (non-hydrogen) atoms. The van der Waals surface area contributed by atoms with Gasteiger partial charge < -0.3 is 9.88 Å². The fourth-order valence-corrected chi connectivity index (χ4v) is 2.34. The summed E-state index contributed by atoms with van der Waals surface area (Å²) in [5.74, 6) is 0.311. The van der Waals surface area contributed by atoms with Gasteiger partial charge in [-0.25, -0.2) is 4.98 Å². The first-order valence-electron chi connectivity index (χ1n) is 5.60. The van der Waals surface area contributed by atoms with Gasteiger partial charge in [0.25, 0.3) is 0 Å². The zero-order valence-electron chi connectivity index (χ0n) is 9.43. The van der Waals surface area contributed by atoms with E-state index in [9.17, 15) is 4.79 Å². The SMILES string of the molecule is N#CCCNC(=O)CSc1nccn1C1CC1. The average molecular weight is 250 g/mol. The van der Waals surface area contributed by atoms with Crippen LogP contribution in [0.15, 0.2) is 17.6 Å². The van der Waals surface area contributed by atoms with Crippen molar-refractivity contribution in [3.63, 3.8) is 0 Å². The molecule has 1 fully saturated rings. The smallest absolute Gasteiger partial charge is 0.230 e. The van der Waals surface area contributed by atoms with Gasteiger partial charge in [-0.15, -0.1) is 0 Å². The molecule has 1 saturated carbocycles. The van der Waals surface area contributed by atoms with Crippen LogP contribution in [0.2, 0.25) is 0 Å². The predicted octanol–water partition coefficient (Wildman–Crippen LogP) is 1.34. The average Bonchev–Trinajstić information content (AvgIpc) is 3.06. The van der Waals surface area contributed by atoms with E-state index in [0.29, 0.717) is 24.8 Å². The van der Waals surface area contributed by atoms with Crippen molar-refractivity contribution in [2.45, 2.75) is 30.5 Å². The quantitative estimate of drug-likeness (QED) is 0.611.